The average molecular weight is 553 g/mol. The van der Waals surface area contributed by atoms with Crippen LogP contribution in [0.25, 0.3) is 11.1 Å². The van der Waals surface area contributed by atoms with Gasteiger partial charge in [0.25, 0.3) is 0 Å². The van der Waals surface area contributed by atoms with E-state index in [0.717, 1.165) is 51.3 Å². The summed E-state index contributed by atoms with van der Waals surface area (Å²) in [4.78, 5) is 11.3. The van der Waals surface area contributed by atoms with Gasteiger partial charge in [-0.05, 0) is 84.0 Å². The third-order valence-corrected chi connectivity index (χ3v) is 9.58. The normalized spacial score (nSPS) is 20.2. The number of aliphatic carboxylic acids is 1. The van der Waals surface area contributed by atoms with Crippen LogP contribution in [0.1, 0.15) is 35.1 Å². The number of carboxylic acids is 1. The lowest BCUT2D eigenvalue weighted by Gasteiger charge is -2.40. The molecule has 0 amide bonds. The van der Waals surface area contributed by atoms with Crippen molar-refractivity contribution in [2.75, 3.05) is 31.3 Å². The van der Waals surface area contributed by atoms with Gasteiger partial charge < -0.3 is 19.3 Å². The van der Waals surface area contributed by atoms with E-state index in [-0.39, 0.29) is 12.3 Å². The highest BCUT2D eigenvalue weighted by Gasteiger charge is 2.42. The standard InChI is InChI=1S/C31H36O7S/c1-21-12-28(38-17-24-10-11-39(34,35)18-24)13-22(2)30(21)25-5-3-4-23(14-25)16-37-27-8-6-26(7-9-27)31(15-29(32)33)19-36-20-31/h3-9,12-14,24,34-35H,10-11,15-20H2,1-2H3,(H,32,33). The van der Waals surface area contributed by atoms with Crippen LogP contribution in [0, 0.1) is 19.8 Å². The van der Waals surface area contributed by atoms with Gasteiger partial charge in [0.1, 0.15) is 18.1 Å². The molecule has 2 aliphatic heterocycles. The molecule has 0 radical (unpaired) electrons. The predicted molar refractivity (Wildman–Crippen MR) is 153 cm³/mol. The summed E-state index contributed by atoms with van der Waals surface area (Å²) in [7, 11) is -2.41. The molecule has 2 aliphatic rings. The topological polar surface area (TPSA) is 105 Å². The molecule has 208 valence electrons. The Bertz CT molecular complexity index is 1310. The number of carboxylic acid groups (broad SMARTS) is 1. The zero-order valence-electron chi connectivity index (χ0n) is 22.4. The molecule has 0 aliphatic carbocycles. The molecule has 8 heteroatoms. The van der Waals surface area contributed by atoms with Crippen molar-refractivity contribution in [1.29, 1.82) is 0 Å². The molecule has 0 spiro atoms. The first kappa shape index (κ1) is 27.5. The Morgan fingerprint density at radius 3 is 2.31 bits per heavy atom. The Labute approximate surface area is 231 Å². The largest absolute Gasteiger partial charge is 0.493 e. The van der Waals surface area contributed by atoms with Gasteiger partial charge in [-0.2, -0.15) is 10.6 Å². The maximum atomic E-state index is 11.3. The highest BCUT2D eigenvalue weighted by atomic mass is 32.3. The fraction of sp³-hybridized carbons (Fsp3) is 0.387. The second-order valence-corrected chi connectivity index (χ2v) is 13.3. The first-order chi connectivity index (χ1) is 18.6. The van der Waals surface area contributed by atoms with E-state index in [1.807, 2.05) is 48.5 Å². The molecule has 2 heterocycles. The SMILES string of the molecule is Cc1cc(OCC2CCS(O)(O)C2)cc(C)c1-c1cccc(COc2ccc(C3(CC(=O)O)COC3)cc2)c1. The lowest BCUT2D eigenvalue weighted by atomic mass is 9.76. The van der Waals surface area contributed by atoms with Crippen LogP contribution in [0.2, 0.25) is 0 Å². The molecular weight excluding hydrogens is 516 g/mol. The number of benzene rings is 3. The van der Waals surface area contributed by atoms with Gasteiger partial charge in [-0.3, -0.25) is 13.9 Å². The van der Waals surface area contributed by atoms with Crippen LogP contribution in [0.4, 0.5) is 0 Å². The summed E-state index contributed by atoms with van der Waals surface area (Å²) in [5.74, 6) is 1.80. The fourth-order valence-corrected chi connectivity index (χ4v) is 7.50. The van der Waals surface area contributed by atoms with Crippen LogP contribution in [-0.4, -0.2) is 51.5 Å². The number of carbonyl (C=O) groups is 1. The molecule has 39 heavy (non-hydrogen) atoms. The molecule has 0 bridgehead atoms. The third-order valence-electron chi connectivity index (χ3n) is 7.68. The number of hydrogen-bond donors (Lipinski definition) is 3. The van der Waals surface area contributed by atoms with Crippen LogP contribution in [0.15, 0.2) is 60.7 Å². The van der Waals surface area contributed by atoms with Gasteiger partial charge in [0.05, 0.1) is 31.7 Å². The van der Waals surface area contributed by atoms with Crippen LogP contribution in [0.3, 0.4) is 0 Å². The lowest BCUT2D eigenvalue weighted by Crippen LogP contribution is -2.48. The van der Waals surface area contributed by atoms with Gasteiger partial charge in [0, 0.05) is 17.4 Å². The van der Waals surface area contributed by atoms with E-state index in [0.29, 0.717) is 37.9 Å². The molecule has 3 aromatic carbocycles. The summed E-state index contributed by atoms with van der Waals surface area (Å²) in [5, 5.41) is 9.27. The van der Waals surface area contributed by atoms with Gasteiger partial charge in [0.15, 0.2) is 0 Å². The van der Waals surface area contributed by atoms with Crippen molar-refractivity contribution in [1.82, 2.24) is 0 Å². The minimum atomic E-state index is -2.41. The lowest BCUT2D eigenvalue weighted by molar-refractivity contribution is -0.145. The molecule has 5 rings (SSSR count). The summed E-state index contributed by atoms with van der Waals surface area (Å²) < 4.78 is 37.2. The molecule has 7 nitrogen and oxygen atoms in total. The molecule has 1 atom stereocenters. The Hall–Kier alpha value is -3.04. The van der Waals surface area contributed by atoms with Gasteiger partial charge in [-0.15, -0.1) is 0 Å². The quantitative estimate of drug-likeness (QED) is 0.266. The first-order valence-electron chi connectivity index (χ1n) is 13.2. The highest BCUT2D eigenvalue weighted by molar-refractivity contribution is 8.24. The second-order valence-electron chi connectivity index (χ2n) is 10.9. The average Bonchev–Trinajstić information content (AvgIpc) is 3.22. The zero-order chi connectivity index (χ0) is 27.6. The van der Waals surface area contributed by atoms with Gasteiger partial charge in [-0.25, -0.2) is 0 Å². The first-order valence-corrected chi connectivity index (χ1v) is 15.1. The van der Waals surface area contributed by atoms with Gasteiger partial charge in [0.2, 0.25) is 0 Å². The van der Waals surface area contributed by atoms with E-state index in [4.69, 9.17) is 14.2 Å². The summed E-state index contributed by atoms with van der Waals surface area (Å²) in [6.07, 6.45) is 0.846. The summed E-state index contributed by atoms with van der Waals surface area (Å²) in [6, 6.07) is 20.1. The van der Waals surface area contributed by atoms with E-state index >= 15 is 0 Å². The monoisotopic (exact) mass is 552 g/mol. The van der Waals surface area contributed by atoms with Crippen LogP contribution < -0.4 is 9.47 Å². The van der Waals surface area contributed by atoms with Crippen molar-refractivity contribution < 1.29 is 33.2 Å². The molecule has 1 unspecified atom stereocenters. The second kappa shape index (κ2) is 11.2. The third kappa shape index (κ3) is 6.41. The molecule has 2 saturated heterocycles. The van der Waals surface area contributed by atoms with Crippen molar-refractivity contribution in [3.63, 3.8) is 0 Å². The van der Waals surface area contributed by atoms with Crippen LogP contribution in [-0.2, 0) is 21.6 Å². The number of aryl methyl sites for hydroxylation is 2. The minimum Gasteiger partial charge on any atom is -0.493 e. The van der Waals surface area contributed by atoms with E-state index < -0.39 is 22.0 Å². The predicted octanol–water partition coefficient (Wildman–Crippen LogP) is 6.44. The Morgan fingerprint density at radius 2 is 1.72 bits per heavy atom. The summed E-state index contributed by atoms with van der Waals surface area (Å²) >= 11 is 0. The van der Waals surface area contributed by atoms with E-state index in [2.05, 4.69) is 26.0 Å². The molecule has 3 N–H and O–H groups in total. The van der Waals surface area contributed by atoms with Gasteiger partial charge in [-0.1, -0.05) is 30.3 Å². The van der Waals surface area contributed by atoms with E-state index in [1.165, 1.54) is 0 Å². The maximum Gasteiger partial charge on any atom is 0.304 e. The Kier molecular flexibility index (Phi) is 7.91. The zero-order valence-corrected chi connectivity index (χ0v) is 23.2. The van der Waals surface area contributed by atoms with Gasteiger partial charge >= 0.3 is 5.97 Å². The van der Waals surface area contributed by atoms with Crippen molar-refractivity contribution in [3.8, 4) is 22.6 Å². The summed E-state index contributed by atoms with van der Waals surface area (Å²) in [6.45, 7) is 5.92. The van der Waals surface area contributed by atoms with Crippen molar-refractivity contribution in [2.24, 2.45) is 5.92 Å². The molecule has 0 aromatic heterocycles. The number of ether oxygens (including phenoxy) is 3. The Balaban J connectivity index is 1.22. The van der Waals surface area contributed by atoms with E-state index in [1.54, 1.807) is 0 Å². The van der Waals surface area contributed by atoms with Crippen molar-refractivity contribution >= 4 is 16.6 Å². The number of rotatable bonds is 10. The molecule has 3 aromatic rings. The van der Waals surface area contributed by atoms with Crippen LogP contribution in [0.5, 0.6) is 11.5 Å². The number of hydrogen-bond acceptors (Lipinski definition) is 6. The molecular formula is C31H36O7S. The Morgan fingerprint density at radius 1 is 1.00 bits per heavy atom. The highest BCUT2D eigenvalue weighted by Crippen LogP contribution is 2.48. The summed E-state index contributed by atoms with van der Waals surface area (Å²) in [5.41, 5.74) is 6.06. The van der Waals surface area contributed by atoms with Crippen LogP contribution >= 0.6 is 10.6 Å². The maximum absolute atomic E-state index is 11.3. The molecule has 0 saturated carbocycles. The smallest absolute Gasteiger partial charge is 0.304 e. The van der Waals surface area contributed by atoms with E-state index in [9.17, 15) is 19.0 Å². The molecule has 2 fully saturated rings. The minimum absolute atomic E-state index is 0.0569. The van der Waals surface area contributed by atoms with Crippen molar-refractivity contribution in [3.05, 3.63) is 82.9 Å². The van der Waals surface area contributed by atoms with Crippen molar-refractivity contribution in [2.45, 2.75) is 38.7 Å². The fourth-order valence-electron chi connectivity index (χ4n) is 5.60.